The van der Waals surface area contributed by atoms with Gasteiger partial charge in [0.15, 0.2) is 0 Å². The van der Waals surface area contributed by atoms with E-state index in [0.29, 0.717) is 0 Å². The van der Waals surface area contributed by atoms with Crippen LogP contribution in [0.15, 0.2) is 0 Å². The number of nitrogens with zero attached hydrogens (tertiary/aromatic N) is 2. The molecule has 0 aromatic rings. The van der Waals surface area contributed by atoms with E-state index in [1.807, 2.05) is 0 Å². The van der Waals surface area contributed by atoms with Gasteiger partial charge >= 0.3 is 0 Å². The molecule has 4 unspecified atom stereocenters. The van der Waals surface area contributed by atoms with Crippen molar-refractivity contribution in [3.63, 3.8) is 0 Å². The summed E-state index contributed by atoms with van der Waals surface area (Å²) in [6, 6.07) is -2.10. The van der Waals surface area contributed by atoms with Crippen LogP contribution in [-0.2, 0) is 0 Å². The summed E-state index contributed by atoms with van der Waals surface area (Å²) in [5.74, 6) is -0.309. The van der Waals surface area contributed by atoms with Crippen LogP contribution in [0.5, 0.6) is 0 Å². The second-order valence-corrected chi connectivity index (χ2v) is 3.72. The van der Waals surface area contributed by atoms with Crippen molar-refractivity contribution in [2.75, 3.05) is 0 Å². The van der Waals surface area contributed by atoms with Crippen molar-refractivity contribution in [3.8, 4) is 0 Å². The van der Waals surface area contributed by atoms with Crippen LogP contribution >= 0.6 is 0 Å². The van der Waals surface area contributed by atoms with Gasteiger partial charge in [-0.2, -0.15) is 0 Å². The molecule has 0 aromatic heterocycles. The number of hydrogen-bond donors (Lipinski definition) is 1. The van der Waals surface area contributed by atoms with Gasteiger partial charge in [-0.05, 0) is 6.42 Å². The first kappa shape index (κ1) is 10.8. The zero-order valence-corrected chi connectivity index (χ0v) is 7.70. The number of rotatable bonds is 2. The molecule has 0 saturated heterocycles. The van der Waals surface area contributed by atoms with Gasteiger partial charge in [0, 0.05) is 15.8 Å². The van der Waals surface area contributed by atoms with E-state index in [-0.39, 0.29) is 18.8 Å². The van der Waals surface area contributed by atoms with Crippen molar-refractivity contribution in [2.24, 2.45) is 5.92 Å². The largest absolute Gasteiger partial charge is 0.386 e. The molecule has 1 aliphatic carbocycles. The summed E-state index contributed by atoms with van der Waals surface area (Å²) in [5, 5.41) is 30.3. The monoisotopic (exact) mass is 204 g/mol. The van der Waals surface area contributed by atoms with E-state index < -0.39 is 28.0 Å². The summed E-state index contributed by atoms with van der Waals surface area (Å²) in [6.45, 7) is 1.63. The average molecular weight is 204 g/mol. The minimum atomic E-state index is -1.19. The Balaban J connectivity index is 2.75. The van der Waals surface area contributed by atoms with Gasteiger partial charge in [0.2, 0.25) is 12.1 Å². The molecule has 1 aliphatic rings. The van der Waals surface area contributed by atoms with Gasteiger partial charge in [-0.3, -0.25) is 20.2 Å². The summed E-state index contributed by atoms with van der Waals surface area (Å²) in [5.41, 5.74) is 0. The first-order valence-electron chi connectivity index (χ1n) is 4.38. The van der Waals surface area contributed by atoms with Gasteiger partial charge in [0.05, 0.1) is 6.42 Å². The Morgan fingerprint density at radius 1 is 1.14 bits per heavy atom. The van der Waals surface area contributed by atoms with Crippen molar-refractivity contribution >= 4 is 0 Å². The average Bonchev–Trinajstić information content (AvgIpc) is 2.02. The lowest BCUT2D eigenvalue weighted by Crippen LogP contribution is -2.47. The molecule has 14 heavy (non-hydrogen) atoms. The number of nitro groups is 2. The summed E-state index contributed by atoms with van der Waals surface area (Å²) >= 11 is 0. The van der Waals surface area contributed by atoms with Gasteiger partial charge in [-0.25, -0.2) is 0 Å². The maximum absolute atomic E-state index is 10.5. The van der Waals surface area contributed by atoms with E-state index in [1.165, 1.54) is 0 Å². The van der Waals surface area contributed by atoms with Crippen LogP contribution in [0.4, 0.5) is 0 Å². The fourth-order valence-corrected chi connectivity index (χ4v) is 1.85. The Morgan fingerprint density at radius 2 is 1.64 bits per heavy atom. The summed E-state index contributed by atoms with van der Waals surface area (Å²) in [4.78, 5) is 19.9. The summed E-state index contributed by atoms with van der Waals surface area (Å²) in [6.07, 6.45) is -1.12. The Hall–Kier alpha value is -1.24. The lowest BCUT2D eigenvalue weighted by atomic mass is 9.81. The highest BCUT2D eigenvalue weighted by Crippen LogP contribution is 2.28. The molecule has 0 aliphatic heterocycles. The SMILES string of the molecule is CC1CC(O)C([N+](=O)[O-])CC1[N+](=O)[O-]. The third-order valence-corrected chi connectivity index (χ3v) is 2.74. The highest BCUT2D eigenvalue weighted by Gasteiger charge is 2.46. The molecule has 1 saturated carbocycles. The lowest BCUT2D eigenvalue weighted by Gasteiger charge is -2.28. The first-order valence-corrected chi connectivity index (χ1v) is 4.38. The zero-order chi connectivity index (χ0) is 10.9. The van der Waals surface area contributed by atoms with Crippen LogP contribution in [0.1, 0.15) is 19.8 Å². The molecule has 1 rings (SSSR count). The minimum Gasteiger partial charge on any atom is -0.386 e. The minimum absolute atomic E-state index is 0.122. The van der Waals surface area contributed by atoms with Crippen molar-refractivity contribution in [1.29, 1.82) is 0 Å². The molecule has 7 heteroatoms. The van der Waals surface area contributed by atoms with E-state index >= 15 is 0 Å². The van der Waals surface area contributed by atoms with E-state index in [9.17, 15) is 25.3 Å². The van der Waals surface area contributed by atoms with Crippen LogP contribution in [0.3, 0.4) is 0 Å². The normalized spacial score (nSPS) is 37.9. The Kier molecular flexibility index (Phi) is 3.00. The predicted octanol–water partition coefficient (Wildman–Crippen LogP) is 0.0678. The van der Waals surface area contributed by atoms with Gasteiger partial charge < -0.3 is 5.11 Å². The Labute approximate surface area is 80.0 Å². The van der Waals surface area contributed by atoms with Crippen molar-refractivity contribution in [2.45, 2.75) is 38.0 Å². The molecule has 0 radical (unpaired) electrons. The summed E-state index contributed by atoms with van der Waals surface area (Å²) in [7, 11) is 0. The van der Waals surface area contributed by atoms with Gasteiger partial charge in [0.1, 0.15) is 6.10 Å². The molecule has 0 bridgehead atoms. The topological polar surface area (TPSA) is 107 Å². The highest BCUT2D eigenvalue weighted by atomic mass is 16.6. The van der Waals surface area contributed by atoms with Gasteiger partial charge in [-0.1, -0.05) is 6.92 Å². The van der Waals surface area contributed by atoms with Gasteiger partial charge in [-0.15, -0.1) is 0 Å². The van der Waals surface area contributed by atoms with E-state index in [0.717, 1.165) is 0 Å². The third kappa shape index (κ3) is 1.98. The van der Waals surface area contributed by atoms with Crippen LogP contribution in [0.2, 0.25) is 0 Å². The number of aliphatic hydroxyl groups excluding tert-OH is 1. The molecule has 0 amide bonds. The fourth-order valence-electron chi connectivity index (χ4n) is 1.85. The second kappa shape index (κ2) is 3.87. The quantitative estimate of drug-likeness (QED) is 0.505. The molecule has 0 spiro atoms. The van der Waals surface area contributed by atoms with Crippen LogP contribution in [-0.4, -0.2) is 33.1 Å². The molecule has 7 nitrogen and oxygen atoms in total. The molecule has 4 atom stereocenters. The number of hydrogen-bond acceptors (Lipinski definition) is 5. The number of aliphatic hydroxyl groups is 1. The molecule has 80 valence electrons. The van der Waals surface area contributed by atoms with E-state index in [4.69, 9.17) is 0 Å². The molecular weight excluding hydrogens is 192 g/mol. The Morgan fingerprint density at radius 3 is 2.07 bits per heavy atom. The lowest BCUT2D eigenvalue weighted by molar-refractivity contribution is -0.581. The predicted molar refractivity (Wildman–Crippen MR) is 46.0 cm³/mol. The standard InChI is InChI=1S/C7H12N2O5/c1-4-2-7(10)6(9(13)14)3-5(4)8(11)12/h4-7,10H,2-3H2,1H3. The second-order valence-electron chi connectivity index (χ2n) is 3.72. The molecule has 1 fully saturated rings. The van der Waals surface area contributed by atoms with Crippen molar-refractivity contribution < 1.29 is 15.0 Å². The van der Waals surface area contributed by atoms with Gasteiger partial charge in [0.25, 0.3) is 0 Å². The molecular formula is C7H12N2O5. The van der Waals surface area contributed by atoms with Crippen LogP contribution < -0.4 is 0 Å². The highest BCUT2D eigenvalue weighted by molar-refractivity contribution is 4.84. The molecule has 0 heterocycles. The Bertz CT molecular complexity index is 232. The molecule has 1 N–H and O–H groups in total. The maximum atomic E-state index is 10.5. The van der Waals surface area contributed by atoms with E-state index in [2.05, 4.69) is 0 Å². The fraction of sp³-hybridized carbons (Fsp3) is 1.00. The summed E-state index contributed by atoms with van der Waals surface area (Å²) < 4.78 is 0. The smallest absolute Gasteiger partial charge is 0.245 e. The first-order chi connectivity index (χ1) is 6.43. The van der Waals surface area contributed by atoms with Crippen molar-refractivity contribution in [1.82, 2.24) is 0 Å². The van der Waals surface area contributed by atoms with Crippen LogP contribution in [0.25, 0.3) is 0 Å². The van der Waals surface area contributed by atoms with Crippen LogP contribution in [0, 0.1) is 26.1 Å². The van der Waals surface area contributed by atoms with Crippen molar-refractivity contribution in [3.05, 3.63) is 20.2 Å². The van der Waals surface area contributed by atoms with E-state index in [1.54, 1.807) is 6.92 Å². The third-order valence-electron chi connectivity index (χ3n) is 2.74. The zero-order valence-electron chi connectivity index (χ0n) is 7.70. The maximum Gasteiger partial charge on any atom is 0.245 e. The molecule has 0 aromatic carbocycles.